The number of fused-ring (bicyclic) bond motifs is 1. The molecule has 118 valence electrons. The monoisotopic (exact) mass is 290 g/mol. The number of benzene rings is 1. The number of aryl methyl sites for hydroxylation is 1. The summed E-state index contributed by atoms with van der Waals surface area (Å²) in [6, 6.07) is 6.75. The van der Waals surface area contributed by atoms with Gasteiger partial charge in [-0.15, -0.1) is 0 Å². The summed E-state index contributed by atoms with van der Waals surface area (Å²) in [6.07, 6.45) is 3.70. The van der Waals surface area contributed by atoms with E-state index in [1.165, 1.54) is 42.7 Å². The maximum atomic E-state index is 3.56. The van der Waals surface area contributed by atoms with Crippen molar-refractivity contribution in [1.29, 1.82) is 0 Å². The maximum absolute atomic E-state index is 3.56. The molecule has 0 bridgehead atoms. The van der Waals surface area contributed by atoms with Gasteiger partial charge >= 0.3 is 0 Å². The fraction of sp³-hybridized carbons (Fsp3) is 0.647. The Morgan fingerprint density at radius 1 is 1.24 bits per heavy atom. The van der Waals surface area contributed by atoms with E-state index in [0.29, 0.717) is 0 Å². The Morgan fingerprint density at radius 3 is 2.86 bits per heavy atom. The molecule has 0 spiro atoms. The second kappa shape index (κ2) is 8.25. The normalized spacial score (nSPS) is 14.4. The van der Waals surface area contributed by atoms with E-state index in [4.69, 9.17) is 0 Å². The first-order valence-corrected chi connectivity index (χ1v) is 8.12. The summed E-state index contributed by atoms with van der Waals surface area (Å²) in [5, 5.41) is 6.81. The highest BCUT2D eigenvalue weighted by molar-refractivity contribution is 5.63. The molecule has 1 aromatic carbocycles. The number of rotatable bonds is 8. The molecule has 0 fully saturated rings. The summed E-state index contributed by atoms with van der Waals surface area (Å²) in [6.45, 7) is 5.61. The van der Waals surface area contributed by atoms with Crippen LogP contribution in [0.5, 0.6) is 0 Å². The minimum atomic E-state index is 1.07. The molecule has 4 heteroatoms. The molecular formula is C17H30N4. The van der Waals surface area contributed by atoms with Crippen molar-refractivity contribution < 1.29 is 0 Å². The zero-order valence-corrected chi connectivity index (χ0v) is 13.8. The molecule has 1 heterocycles. The number of hydrogen-bond donors (Lipinski definition) is 2. The lowest BCUT2D eigenvalue weighted by Crippen LogP contribution is -2.36. The third-order valence-electron chi connectivity index (χ3n) is 4.11. The molecule has 4 nitrogen and oxygen atoms in total. The van der Waals surface area contributed by atoms with E-state index in [9.17, 15) is 0 Å². The Morgan fingerprint density at radius 2 is 2.10 bits per heavy atom. The molecule has 2 N–H and O–H groups in total. The molecule has 0 amide bonds. The van der Waals surface area contributed by atoms with Crippen molar-refractivity contribution in [3.05, 3.63) is 23.8 Å². The van der Waals surface area contributed by atoms with Gasteiger partial charge in [-0.2, -0.15) is 0 Å². The molecule has 2 rings (SSSR count). The minimum absolute atomic E-state index is 1.07. The van der Waals surface area contributed by atoms with Crippen LogP contribution in [0.2, 0.25) is 0 Å². The quantitative estimate of drug-likeness (QED) is 0.717. The highest BCUT2D eigenvalue weighted by Gasteiger charge is 2.16. The van der Waals surface area contributed by atoms with Crippen molar-refractivity contribution in [3.63, 3.8) is 0 Å². The van der Waals surface area contributed by atoms with Gasteiger partial charge in [-0.25, -0.2) is 0 Å². The van der Waals surface area contributed by atoms with Crippen molar-refractivity contribution in [2.24, 2.45) is 0 Å². The zero-order valence-electron chi connectivity index (χ0n) is 13.8. The average molecular weight is 290 g/mol. The number of anilines is 2. The predicted octanol–water partition coefficient (Wildman–Crippen LogP) is 2.02. The van der Waals surface area contributed by atoms with Crippen molar-refractivity contribution >= 4 is 11.4 Å². The molecule has 0 radical (unpaired) electrons. The van der Waals surface area contributed by atoms with Crippen LogP contribution in [0.15, 0.2) is 18.2 Å². The molecule has 0 saturated heterocycles. The molecule has 1 aliphatic heterocycles. The van der Waals surface area contributed by atoms with Crippen LogP contribution in [0.4, 0.5) is 11.4 Å². The fourth-order valence-electron chi connectivity index (χ4n) is 2.90. The fourth-order valence-corrected chi connectivity index (χ4v) is 2.90. The summed E-state index contributed by atoms with van der Waals surface area (Å²) in [5.74, 6) is 0. The lowest BCUT2D eigenvalue weighted by atomic mass is 10.0. The minimum Gasteiger partial charge on any atom is -0.388 e. The standard InChI is InChI=1S/C17H30N4/c1-18-16-8-7-15-6-4-12-21(17(15)14-16)13-10-19-9-5-11-20(2)3/h7-8,14,18-19H,4-6,9-13H2,1-3H3. The Kier molecular flexibility index (Phi) is 6.33. The topological polar surface area (TPSA) is 30.5 Å². The van der Waals surface area contributed by atoms with E-state index >= 15 is 0 Å². The maximum Gasteiger partial charge on any atom is 0.0419 e. The van der Waals surface area contributed by atoms with Gasteiger partial charge in [-0.1, -0.05) is 6.07 Å². The Hall–Kier alpha value is -1.26. The first-order chi connectivity index (χ1) is 10.2. The lowest BCUT2D eigenvalue weighted by Gasteiger charge is -2.32. The average Bonchev–Trinajstić information content (AvgIpc) is 2.50. The first-order valence-electron chi connectivity index (χ1n) is 8.12. The van der Waals surface area contributed by atoms with Crippen molar-refractivity contribution in [3.8, 4) is 0 Å². The second-order valence-corrected chi connectivity index (χ2v) is 6.09. The molecule has 0 aliphatic carbocycles. The molecule has 0 unspecified atom stereocenters. The van der Waals surface area contributed by atoms with E-state index < -0.39 is 0 Å². The van der Waals surface area contributed by atoms with Crippen LogP contribution < -0.4 is 15.5 Å². The van der Waals surface area contributed by atoms with Gasteiger partial charge in [0.15, 0.2) is 0 Å². The molecule has 0 saturated carbocycles. The summed E-state index contributed by atoms with van der Waals surface area (Å²) < 4.78 is 0. The highest BCUT2D eigenvalue weighted by Crippen LogP contribution is 2.29. The number of nitrogens with zero attached hydrogens (tertiary/aromatic N) is 2. The third-order valence-corrected chi connectivity index (χ3v) is 4.11. The van der Waals surface area contributed by atoms with Gasteiger partial charge < -0.3 is 20.4 Å². The van der Waals surface area contributed by atoms with Crippen LogP contribution in [0, 0.1) is 0 Å². The van der Waals surface area contributed by atoms with Gasteiger partial charge in [-0.3, -0.25) is 0 Å². The Balaban J connectivity index is 1.80. The van der Waals surface area contributed by atoms with Crippen molar-refractivity contribution in [2.75, 3.05) is 64.1 Å². The summed E-state index contributed by atoms with van der Waals surface area (Å²) >= 11 is 0. The third kappa shape index (κ3) is 4.90. The number of nitrogens with one attached hydrogen (secondary N) is 2. The SMILES string of the molecule is CNc1ccc2c(c1)N(CCNCCCN(C)C)CCC2. The van der Waals surface area contributed by atoms with Crippen LogP contribution in [0.25, 0.3) is 0 Å². The van der Waals surface area contributed by atoms with Crippen LogP contribution in [-0.2, 0) is 6.42 Å². The predicted molar refractivity (Wildman–Crippen MR) is 92.6 cm³/mol. The largest absolute Gasteiger partial charge is 0.388 e. The van der Waals surface area contributed by atoms with Crippen molar-refractivity contribution in [2.45, 2.75) is 19.3 Å². The van der Waals surface area contributed by atoms with Crippen molar-refractivity contribution in [1.82, 2.24) is 10.2 Å². The van der Waals surface area contributed by atoms with E-state index in [1.807, 2.05) is 7.05 Å². The lowest BCUT2D eigenvalue weighted by molar-refractivity contribution is 0.395. The van der Waals surface area contributed by atoms with E-state index in [1.54, 1.807) is 0 Å². The van der Waals surface area contributed by atoms with Gasteiger partial charge in [0, 0.05) is 38.1 Å². The molecule has 0 aromatic heterocycles. The molecule has 21 heavy (non-hydrogen) atoms. The Bertz CT molecular complexity index is 431. The van der Waals surface area contributed by atoms with Crippen LogP contribution in [-0.4, -0.2) is 58.8 Å². The van der Waals surface area contributed by atoms with Crippen LogP contribution in [0.1, 0.15) is 18.4 Å². The van der Waals surface area contributed by atoms with Gasteiger partial charge in [0.1, 0.15) is 0 Å². The van der Waals surface area contributed by atoms with Gasteiger partial charge in [0.05, 0.1) is 0 Å². The smallest absolute Gasteiger partial charge is 0.0419 e. The molecular weight excluding hydrogens is 260 g/mol. The summed E-state index contributed by atoms with van der Waals surface area (Å²) in [7, 11) is 6.25. The van der Waals surface area contributed by atoms with E-state index in [-0.39, 0.29) is 0 Å². The van der Waals surface area contributed by atoms with Gasteiger partial charge in [0.2, 0.25) is 0 Å². The highest BCUT2D eigenvalue weighted by atomic mass is 15.2. The van der Waals surface area contributed by atoms with Crippen LogP contribution in [0.3, 0.4) is 0 Å². The molecule has 1 aliphatic rings. The van der Waals surface area contributed by atoms with E-state index in [2.05, 4.69) is 52.7 Å². The number of hydrogen-bond acceptors (Lipinski definition) is 4. The summed E-state index contributed by atoms with van der Waals surface area (Å²) in [4.78, 5) is 4.76. The Labute approximate surface area is 129 Å². The van der Waals surface area contributed by atoms with E-state index in [0.717, 1.165) is 26.2 Å². The first kappa shape index (κ1) is 16.1. The molecule has 1 aromatic rings. The summed E-state index contributed by atoms with van der Waals surface area (Å²) in [5.41, 5.74) is 4.12. The second-order valence-electron chi connectivity index (χ2n) is 6.09. The zero-order chi connectivity index (χ0) is 15.1. The van der Waals surface area contributed by atoms with Gasteiger partial charge in [0.25, 0.3) is 0 Å². The van der Waals surface area contributed by atoms with Gasteiger partial charge in [-0.05, 0) is 64.1 Å². The molecule has 0 atom stereocenters. The van der Waals surface area contributed by atoms with Crippen LogP contribution >= 0.6 is 0 Å².